The van der Waals surface area contributed by atoms with Crippen molar-refractivity contribution in [3.63, 3.8) is 0 Å². The third-order valence-electron chi connectivity index (χ3n) is 3.85. The van der Waals surface area contributed by atoms with E-state index in [1.54, 1.807) is 30.6 Å². The van der Waals surface area contributed by atoms with Crippen molar-refractivity contribution >= 4 is 35.2 Å². The Morgan fingerprint density at radius 2 is 1.76 bits per heavy atom. The van der Waals surface area contributed by atoms with E-state index in [1.165, 1.54) is 18.7 Å². The van der Waals surface area contributed by atoms with Gasteiger partial charge in [-0.1, -0.05) is 17.8 Å². The third kappa shape index (κ3) is 5.86. The van der Waals surface area contributed by atoms with E-state index in [9.17, 15) is 9.59 Å². The number of aryl methyl sites for hydroxylation is 2. The number of hydrogen-bond donors (Lipinski definition) is 2. The van der Waals surface area contributed by atoms with Crippen LogP contribution in [0, 0.1) is 13.8 Å². The SMILES string of the molecule is CC(=O)Nc1nccc(CSc2ncccc2C(=O)Nc2cc(C)cc(C)c2)n1. The molecule has 0 radical (unpaired) electrons. The van der Waals surface area contributed by atoms with Crippen LogP contribution in [-0.4, -0.2) is 26.8 Å². The molecule has 2 N–H and O–H groups in total. The number of nitrogens with one attached hydrogen (secondary N) is 2. The normalized spacial score (nSPS) is 10.4. The topological polar surface area (TPSA) is 96.9 Å². The Kier molecular flexibility index (Phi) is 6.56. The number of benzene rings is 1. The van der Waals surface area contributed by atoms with Gasteiger partial charge in [-0.3, -0.25) is 14.9 Å². The summed E-state index contributed by atoms with van der Waals surface area (Å²) in [6, 6.07) is 11.2. The molecule has 2 aromatic heterocycles. The molecule has 0 spiro atoms. The number of carbonyl (C=O) groups excluding carboxylic acids is 2. The van der Waals surface area contributed by atoms with Gasteiger partial charge in [-0.2, -0.15) is 0 Å². The lowest BCUT2D eigenvalue weighted by Crippen LogP contribution is -2.14. The number of amides is 2. The average Bonchev–Trinajstić information content (AvgIpc) is 2.65. The molecular weight excluding hydrogens is 386 g/mol. The van der Waals surface area contributed by atoms with Gasteiger partial charge in [0.15, 0.2) is 0 Å². The van der Waals surface area contributed by atoms with Crippen LogP contribution in [0.15, 0.2) is 53.8 Å². The van der Waals surface area contributed by atoms with Crippen molar-refractivity contribution in [1.82, 2.24) is 15.0 Å². The molecule has 0 fully saturated rings. The van der Waals surface area contributed by atoms with Crippen LogP contribution in [0.4, 0.5) is 11.6 Å². The summed E-state index contributed by atoms with van der Waals surface area (Å²) < 4.78 is 0. The van der Waals surface area contributed by atoms with Crippen molar-refractivity contribution in [3.8, 4) is 0 Å². The first kappa shape index (κ1) is 20.5. The van der Waals surface area contributed by atoms with Crippen LogP contribution in [0.1, 0.15) is 34.1 Å². The second kappa shape index (κ2) is 9.29. The molecule has 0 aliphatic heterocycles. The molecule has 2 heterocycles. The number of carbonyl (C=O) groups is 2. The minimum atomic E-state index is -0.232. The van der Waals surface area contributed by atoms with Gasteiger partial charge in [0.1, 0.15) is 5.03 Å². The third-order valence-corrected chi connectivity index (χ3v) is 4.89. The quantitative estimate of drug-likeness (QED) is 0.600. The van der Waals surface area contributed by atoms with E-state index in [2.05, 4.69) is 31.7 Å². The second-order valence-electron chi connectivity index (χ2n) is 6.53. The lowest BCUT2D eigenvalue weighted by Gasteiger charge is -2.10. The lowest BCUT2D eigenvalue weighted by atomic mass is 10.1. The highest BCUT2D eigenvalue weighted by Crippen LogP contribution is 2.25. The maximum Gasteiger partial charge on any atom is 0.258 e. The summed E-state index contributed by atoms with van der Waals surface area (Å²) in [7, 11) is 0. The number of hydrogen-bond acceptors (Lipinski definition) is 6. The molecule has 0 bridgehead atoms. The molecule has 0 aliphatic rings. The zero-order chi connectivity index (χ0) is 20.8. The number of thioether (sulfide) groups is 1. The van der Waals surface area contributed by atoms with Crippen molar-refractivity contribution < 1.29 is 9.59 Å². The highest BCUT2D eigenvalue weighted by molar-refractivity contribution is 7.98. The summed E-state index contributed by atoms with van der Waals surface area (Å²) in [5.41, 5.74) is 4.13. The van der Waals surface area contributed by atoms with E-state index in [0.717, 1.165) is 22.5 Å². The summed E-state index contributed by atoms with van der Waals surface area (Å²) in [6.45, 7) is 5.38. The Morgan fingerprint density at radius 3 is 2.48 bits per heavy atom. The van der Waals surface area contributed by atoms with Crippen LogP contribution in [0.3, 0.4) is 0 Å². The molecule has 0 aliphatic carbocycles. The predicted molar refractivity (Wildman–Crippen MR) is 114 cm³/mol. The van der Waals surface area contributed by atoms with Crippen LogP contribution in [0.2, 0.25) is 0 Å². The molecule has 148 valence electrons. The van der Waals surface area contributed by atoms with Gasteiger partial charge in [-0.05, 0) is 55.3 Å². The highest BCUT2D eigenvalue weighted by Gasteiger charge is 2.14. The summed E-state index contributed by atoms with van der Waals surface area (Å²) >= 11 is 1.40. The molecule has 3 aromatic rings. The van der Waals surface area contributed by atoms with Gasteiger partial charge >= 0.3 is 0 Å². The van der Waals surface area contributed by atoms with Crippen LogP contribution < -0.4 is 10.6 Å². The molecule has 8 heteroatoms. The van der Waals surface area contributed by atoms with Crippen molar-refractivity contribution in [2.75, 3.05) is 10.6 Å². The van der Waals surface area contributed by atoms with Crippen molar-refractivity contribution in [3.05, 3.63) is 71.2 Å². The summed E-state index contributed by atoms with van der Waals surface area (Å²) in [5, 5.41) is 6.11. The standard InChI is InChI=1S/C21H21N5O2S/c1-13-9-14(2)11-17(10-13)25-19(28)18-5-4-7-22-20(18)29-12-16-6-8-23-21(26-16)24-15(3)27/h4-11H,12H2,1-3H3,(H,25,28)(H,23,24,26,27). The van der Waals surface area contributed by atoms with Crippen LogP contribution in [-0.2, 0) is 10.5 Å². The van der Waals surface area contributed by atoms with E-state index in [1.807, 2.05) is 26.0 Å². The zero-order valence-corrected chi connectivity index (χ0v) is 17.2. The number of rotatable bonds is 6. The molecule has 1 aromatic carbocycles. The van der Waals surface area contributed by atoms with Gasteiger partial charge in [0.05, 0.1) is 11.3 Å². The van der Waals surface area contributed by atoms with Gasteiger partial charge < -0.3 is 5.32 Å². The number of pyridine rings is 1. The molecule has 2 amide bonds. The van der Waals surface area contributed by atoms with Gasteiger partial charge in [-0.15, -0.1) is 0 Å². The summed E-state index contributed by atoms with van der Waals surface area (Å²) in [5.74, 6) is 0.289. The number of nitrogens with zero attached hydrogens (tertiary/aromatic N) is 3. The van der Waals surface area contributed by atoms with E-state index >= 15 is 0 Å². The van der Waals surface area contributed by atoms with Gasteiger partial charge in [0, 0.05) is 30.8 Å². The minimum Gasteiger partial charge on any atom is -0.322 e. The molecule has 7 nitrogen and oxygen atoms in total. The molecule has 3 rings (SSSR count). The fourth-order valence-electron chi connectivity index (χ4n) is 2.76. The molecule has 0 atom stereocenters. The Hall–Kier alpha value is -3.26. The average molecular weight is 407 g/mol. The fourth-order valence-corrected chi connectivity index (χ4v) is 3.66. The van der Waals surface area contributed by atoms with Crippen molar-refractivity contribution in [2.45, 2.75) is 31.6 Å². The number of aromatic nitrogens is 3. The summed E-state index contributed by atoms with van der Waals surface area (Å²) in [6.07, 6.45) is 3.24. The van der Waals surface area contributed by atoms with Crippen LogP contribution >= 0.6 is 11.8 Å². The van der Waals surface area contributed by atoms with Crippen molar-refractivity contribution in [1.29, 1.82) is 0 Å². The minimum absolute atomic E-state index is 0.216. The molecule has 0 saturated carbocycles. The summed E-state index contributed by atoms with van der Waals surface area (Å²) in [4.78, 5) is 36.6. The van der Waals surface area contributed by atoms with Gasteiger partial charge in [0.2, 0.25) is 11.9 Å². The molecule has 0 unspecified atom stereocenters. The first-order valence-electron chi connectivity index (χ1n) is 8.97. The molecule has 29 heavy (non-hydrogen) atoms. The van der Waals surface area contributed by atoms with E-state index in [4.69, 9.17) is 0 Å². The molecule has 0 saturated heterocycles. The Labute approximate surface area is 173 Å². The molecular formula is C21H21N5O2S. The van der Waals surface area contributed by atoms with Crippen LogP contribution in [0.5, 0.6) is 0 Å². The Balaban J connectivity index is 1.73. The zero-order valence-electron chi connectivity index (χ0n) is 16.4. The fraction of sp³-hybridized carbons (Fsp3) is 0.190. The monoisotopic (exact) mass is 407 g/mol. The maximum absolute atomic E-state index is 12.8. The second-order valence-corrected chi connectivity index (χ2v) is 7.49. The Bertz CT molecular complexity index is 1030. The first-order chi connectivity index (χ1) is 13.9. The van der Waals surface area contributed by atoms with Gasteiger partial charge in [-0.25, -0.2) is 15.0 Å². The first-order valence-corrected chi connectivity index (χ1v) is 9.96. The highest BCUT2D eigenvalue weighted by atomic mass is 32.2. The van der Waals surface area contributed by atoms with Gasteiger partial charge in [0.25, 0.3) is 5.91 Å². The number of anilines is 2. The smallest absolute Gasteiger partial charge is 0.258 e. The largest absolute Gasteiger partial charge is 0.322 e. The maximum atomic E-state index is 12.8. The van der Waals surface area contributed by atoms with E-state index < -0.39 is 0 Å². The van der Waals surface area contributed by atoms with E-state index in [0.29, 0.717) is 16.3 Å². The Morgan fingerprint density at radius 1 is 1.00 bits per heavy atom. The predicted octanol–water partition coefficient (Wildman–Crippen LogP) is 3.99. The van der Waals surface area contributed by atoms with E-state index in [-0.39, 0.29) is 17.8 Å². The van der Waals surface area contributed by atoms with Crippen molar-refractivity contribution in [2.24, 2.45) is 0 Å². The lowest BCUT2D eigenvalue weighted by molar-refractivity contribution is -0.114. The van der Waals surface area contributed by atoms with Crippen LogP contribution in [0.25, 0.3) is 0 Å².